The molecule has 6 nitrogen and oxygen atoms in total. The van der Waals surface area contributed by atoms with Crippen LogP contribution >= 0.6 is 0 Å². The van der Waals surface area contributed by atoms with E-state index in [2.05, 4.69) is 15.2 Å². The predicted molar refractivity (Wildman–Crippen MR) is 102 cm³/mol. The molecule has 1 saturated heterocycles. The van der Waals surface area contributed by atoms with Crippen molar-refractivity contribution in [2.45, 2.75) is 13.8 Å². The van der Waals surface area contributed by atoms with Crippen molar-refractivity contribution in [3.05, 3.63) is 54.5 Å². The van der Waals surface area contributed by atoms with Gasteiger partial charge in [0.25, 0.3) is 0 Å². The highest BCUT2D eigenvalue weighted by atomic mass is 19.1. The molecule has 1 aromatic carbocycles. The number of amides is 2. The van der Waals surface area contributed by atoms with E-state index in [1.54, 1.807) is 24.9 Å². The Morgan fingerprint density at radius 2 is 1.70 bits per heavy atom. The standard InChI is InChI=1S/C20H23FN4O2/c1-20(2,18(26)23-16-8-6-15(21)7-9-16)19(27)25-13-11-24(12-14-25)17-5-3-4-10-22-17/h3-10H,11-14H2,1-2H3,(H,23,26). The van der Waals surface area contributed by atoms with E-state index in [4.69, 9.17) is 0 Å². The average molecular weight is 370 g/mol. The Morgan fingerprint density at radius 3 is 2.30 bits per heavy atom. The minimum Gasteiger partial charge on any atom is -0.353 e. The van der Waals surface area contributed by atoms with Crippen molar-refractivity contribution in [1.82, 2.24) is 9.88 Å². The number of hydrogen-bond donors (Lipinski definition) is 1. The minimum atomic E-state index is -1.22. The Morgan fingerprint density at radius 1 is 1.04 bits per heavy atom. The van der Waals surface area contributed by atoms with Crippen molar-refractivity contribution in [3.8, 4) is 0 Å². The van der Waals surface area contributed by atoms with E-state index >= 15 is 0 Å². The second-order valence-electron chi connectivity index (χ2n) is 7.05. The van der Waals surface area contributed by atoms with E-state index in [-0.39, 0.29) is 11.7 Å². The first-order valence-electron chi connectivity index (χ1n) is 8.90. The highest BCUT2D eigenvalue weighted by Gasteiger charge is 2.40. The molecule has 142 valence electrons. The van der Waals surface area contributed by atoms with Crippen LogP contribution in [-0.2, 0) is 9.59 Å². The molecule has 0 bridgehead atoms. The number of halogens is 1. The van der Waals surface area contributed by atoms with Crippen molar-refractivity contribution >= 4 is 23.3 Å². The molecule has 1 N–H and O–H groups in total. The molecule has 0 spiro atoms. The number of nitrogens with one attached hydrogen (secondary N) is 1. The molecule has 0 saturated carbocycles. The van der Waals surface area contributed by atoms with Gasteiger partial charge >= 0.3 is 0 Å². The molecular weight excluding hydrogens is 347 g/mol. The van der Waals surface area contributed by atoms with E-state index in [0.29, 0.717) is 31.9 Å². The smallest absolute Gasteiger partial charge is 0.239 e. The number of rotatable bonds is 4. The van der Waals surface area contributed by atoms with Gasteiger partial charge in [0.1, 0.15) is 17.1 Å². The number of carbonyl (C=O) groups excluding carboxylic acids is 2. The number of hydrogen-bond acceptors (Lipinski definition) is 4. The van der Waals surface area contributed by atoms with E-state index in [0.717, 1.165) is 5.82 Å². The summed E-state index contributed by atoms with van der Waals surface area (Å²) in [6.45, 7) is 5.61. The van der Waals surface area contributed by atoms with Crippen LogP contribution in [0, 0.1) is 11.2 Å². The van der Waals surface area contributed by atoms with Crippen LogP contribution in [0.25, 0.3) is 0 Å². The summed E-state index contributed by atoms with van der Waals surface area (Å²) in [4.78, 5) is 33.7. The number of nitrogens with zero attached hydrogens (tertiary/aromatic N) is 3. The fourth-order valence-corrected chi connectivity index (χ4v) is 2.99. The normalized spacial score (nSPS) is 14.8. The van der Waals surface area contributed by atoms with Crippen LogP contribution in [0.4, 0.5) is 15.9 Å². The summed E-state index contributed by atoms with van der Waals surface area (Å²) in [5, 5.41) is 2.69. The summed E-state index contributed by atoms with van der Waals surface area (Å²) >= 11 is 0. The van der Waals surface area contributed by atoms with Gasteiger partial charge in [-0.15, -0.1) is 0 Å². The maximum Gasteiger partial charge on any atom is 0.239 e. The lowest BCUT2D eigenvalue weighted by Crippen LogP contribution is -2.54. The number of carbonyl (C=O) groups is 2. The number of aromatic nitrogens is 1. The predicted octanol–water partition coefficient (Wildman–Crippen LogP) is 2.53. The van der Waals surface area contributed by atoms with Crippen LogP contribution in [0.5, 0.6) is 0 Å². The molecule has 2 aromatic rings. The Kier molecular flexibility index (Phi) is 5.39. The highest BCUT2D eigenvalue weighted by Crippen LogP contribution is 2.24. The fraction of sp³-hybridized carbons (Fsp3) is 0.350. The van der Waals surface area contributed by atoms with Crippen molar-refractivity contribution in [1.29, 1.82) is 0 Å². The summed E-state index contributed by atoms with van der Waals surface area (Å²) < 4.78 is 13.0. The van der Waals surface area contributed by atoms with Gasteiger partial charge < -0.3 is 15.1 Å². The van der Waals surface area contributed by atoms with E-state index in [1.807, 2.05) is 18.2 Å². The van der Waals surface area contributed by atoms with E-state index in [9.17, 15) is 14.0 Å². The zero-order valence-electron chi connectivity index (χ0n) is 15.5. The Bertz CT molecular complexity index is 800. The van der Waals surface area contributed by atoms with Crippen LogP contribution in [0.3, 0.4) is 0 Å². The van der Waals surface area contributed by atoms with E-state index < -0.39 is 11.3 Å². The molecule has 0 unspecified atom stereocenters. The molecule has 2 heterocycles. The molecule has 7 heteroatoms. The van der Waals surface area contributed by atoms with Gasteiger partial charge in [-0.1, -0.05) is 6.07 Å². The van der Waals surface area contributed by atoms with Crippen LogP contribution in [0.15, 0.2) is 48.7 Å². The topological polar surface area (TPSA) is 65.5 Å². The lowest BCUT2D eigenvalue weighted by molar-refractivity contribution is -0.146. The third-order valence-corrected chi connectivity index (χ3v) is 4.74. The minimum absolute atomic E-state index is 0.220. The Labute approximate surface area is 158 Å². The second-order valence-corrected chi connectivity index (χ2v) is 7.05. The summed E-state index contributed by atoms with van der Waals surface area (Å²) in [7, 11) is 0. The van der Waals surface area contributed by atoms with Crippen LogP contribution in [0.1, 0.15) is 13.8 Å². The molecule has 1 aliphatic heterocycles. The van der Waals surface area contributed by atoms with Gasteiger partial charge in [-0.2, -0.15) is 0 Å². The molecule has 0 atom stereocenters. The summed E-state index contributed by atoms with van der Waals surface area (Å²) in [5.74, 6) is -0.124. The van der Waals surface area contributed by atoms with Crippen molar-refractivity contribution in [2.75, 3.05) is 36.4 Å². The molecule has 0 radical (unpaired) electrons. The van der Waals surface area contributed by atoms with Crippen molar-refractivity contribution in [3.63, 3.8) is 0 Å². The van der Waals surface area contributed by atoms with Crippen LogP contribution in [0.2, 0.25) is 0 Å². The van der Waals surface area contributed by atoms with Gasteiger partial charge in [0.15, 0.2) is 0 Å². The van der Waals surface area contributed by atoms with Crippen molar-refractivity contribution in [2.24, 2.45) is 5.41 Å². The molecular formula is C20H23FN4O2. The number of anilines is 2. The third-order valence-electron chi connectivity index (χ3n) is 4.74. The SMILES string of the molecule is CC(C)(C(=O)Nc1ccc(F)cc1)C(=O)N1CCN(c2ccccn2)CC1. The first kappa shape index (κ1) is 18.8. The van der Waals surface area contributed by atoms with Crippen LogP contribution in [-0.4, -0.2) is 47.9 Å². The first-order chi connectivity index (χ1) is 12.9. The highest BCUT2D eigenvalue weighted by molar-refractivity contribution is 6.09. The first-order valence-corrected chi connectivity index (χ1v) is 8.90. The zero-order chi connectivity index (χ0) is 19.4. The number of piperazine rings is 1. The van der Waals surface area contributed by atoms with Gasteiger partial charge in [-0.25, -0.2) is 9.37 Å². The maximum atomic E-state index is 13.0. The summed E-state index contributed by atoms with van der Waals surface area (Å²) in [5.41, 5.74) is -0.760. The van der Waals surface area contributed by atoms with Gasteiger partial charge in [-0.3, -0.25) is 9.59 Å². The van der Waals surface area contributed by atoms with Crippen LogP contribution < -0.4 is 10.2 Å². The summed E-state index contributed by atoms with van der Waals surface area (Å²) in [6, 6.07) is 11.2. The van der Waals surface area contributed by atoms with Gasteiger partial charge in [0, 0.05) is 38.1 Å². The van der Waals surface area contributed by atoms with Crippen molar-refractivity contribution < 1.29 is 14.0 Å². The molecule has 1 fully saturated rings. The summed E-state index contributed by atoms with van der Waals surface area (Å²) in [6.07, 6.45) is 1.75. The van der Waals surface area contributed by atoms with Gasteiger partial charge in [0.05, 0.1) is 0 Å². The van der Waals surface area contributed by atoms with Gasteiger partial charge in [0.2, 0.25) is 11.8 Å². The molecule has 2 amide bonds. The molecule has 0 aliphatic carbocycles. The number of pyridine rings is 1. The molecule has 3 rings (SSSR count). The Hall–Kier alpha value is -2.96. The average Bonchev–Trinajstić information content (AvgIpc) is 2.70. The fourth-order valence-electron chi connectivity index (χ4n) is 2.99. The molecule has 1 aromatic heterocycles. The third kappa shape index (κ3) is 4.24. The molecule has 27 heavy (non-hydrogen) atoms. The maximum absolute atomic E-state index is 13.0. The lowest BCUT2D eigenvalue weighted by Gasteiger charge is -2.38. The van der Waals surface area contributed by atoms with E-state index in [1.165, 1.54) is 24.3 Å². The van der Waals surface area contributed by atoms with Gasteiger partial charge in [-0.05, 0) is 50.2 Å². The quantitative estimate of drug-likeness (QED) is 0.840. The lowest BCUT2D eigenvalue weighted by atomic mass is 9.89. The largest absolute Gasteiger partial charge is 0.353 e. The number of benzene rings is 1. The zero-order valence-corrected chi connectivity index (χ0v) is 15.5. The monoisotopic (exact) mass is 370 g/mol. The second kappa shape index (κ2) is 7.73. The Balaban J connectivity index is 1.60. The molecule has 1 aliphatic rings.